The van der Waals surface area contributed by atoms with Gasteiger partial charge in [-0.3, -0.25) is 4.79 Å². The van der Waals surface area contributed by atoms with Crippen molar-refractivity contribution in [3.63, 3.8) is 0 Å². The van der Waals surface area contributed by atoms with Crippen molar-refractivity contribution in [2.24, 2.45) is 0 Å². The zero-order valence-electron chi connectivity index (χ0n) is 10.7. The molecule has 0 aliphatic heterocycles. The highest BCUT2D eigenvalue weighted by molar-refractivity contribution is 5.73. The molecular formula is C14H14N2O3. The minimum absolute atomic E-state index is 0.336. The molecule has 5 heteroatoms. The summed E-state index contributed by atoms with van der Waals surface area (Å²) in [6, 6.07) is 11.7. The summed E-state index contributed by atoms with van der Waals surface area (Å²) in [4.78, 5) is 23.2. The number of hydrogen-bond donors (Lipinski definition) is 0. The van der Waals surface area contributed by atoms with Gasteiger partial charge in [0.2, 0.25) is 0 Å². The summed E-state index contributed by atoms with van der Waals surface area (Å²) in [5.41, 5.74) is 1.18. The SMILES string of the molecule is COC(=O)C(C)n1nc(-c2ccccc2)ccc1=O. The number of methoxy groups -OCH3 is 1. The number of hydrogen-bond acceptors (Lipinski definition) is 4. The van der Waals surface area contributed by atoms with Crippen molar-refractivity contribution >= 4 is 5.97 Å². The summed E-state index contributed by atoms with van der Waals surface area (Å²) in [6.45, 7) is 1.58. The van der Waals surface area contributed by atoms with E-state index >= 15 is 0 Å². The summed E-state index contributed by atoms with van der Waals surface area (Å²) in [6.07, 6.45) is 0. The van der Waals surface area contributed by atoms with Gasteiger partial charge in [0.05, 0.1) is 12.8 Å². The molecule has 2 rings (SSSR count). The Labute approximate surface area is 110 Å². The second-order valence-electron chi connectivity index (χ2n) is 4.07. The fourth-order valence-corrected chi connectivity index (χ4v) is 1.74. The third-order valence-electron chi connectivity index (χ3n) is 2.80. The monoisotopic (exact) mass is 258 g/mol. The molecule has 1 aromatic carbocycles. The smallest absolute Gasteiger partial charge is 0.330 e. The highest BCUT2D eigenvalue weighted by Crippen LogP contribution is 2.15. The van der Waals surface area contributed by atoms with E-state index in [1.165, 1.54) is 13.2 Å². The van der Waals surface area contributed by atoms with Gasteiger partial charge in [0.15, 0.2) is 6.04 Å². The molecule has 5 nitrogen and oxygen atoms in total. The summed E-state index contributed by atoms with van der Waals surface area (Å²) < 4.78 is 5.76. The van der Waals surface area contributed by atoms with Crippen LogP contribution in [0.3, 0.4) is 0 Å². The molecule has 1 aromatic heterocycles. The molecule has 0 aliphatic rings. The first kappa shape index (κ1) is 13.0. The van der Waals surface area contributed by atoms with Crippen LogP contribution < -0.4 is 5.56 Å². The average Bonchev–Trinajstić information content (AvgIpc) is 2.47. The number of rotatable bonds is 3. The van der Waals surface area contributed by atoms with E-state index in [0.29, 0.717) is 5.69 Å². The van der Waals surface area contributed by atoms with Gasteiger partial charge in [-0.1, -0.05) is 30.3 Å². The van der Waals surface area contributed by atoms with Gasteiger partial charge in [0.1, 0.15) is 0 Å². The van der Waals surface area contributed by atoms with E-state index in [9.17, 15) is 9.59 Å². The van der Waals surface area contributed by atoms with Gasteiger partial charge in [-0.25, -0.2) is 9.48 Å². The Morgan fingerprint density at radius 2 is 1.89 bits per heavy atom. The van der Waals surface area contributed by atoms with E-state index in [1.807, 2.05) is 30.3 Å². The second-order valence-corrected chi connectivity index (χ2v) is 4.07. The lowest BCUT2D eigenvalue weighted by atomic mass is 10.1. The van der Waals surface area contributed by atoms with Gasteiger partial charge in [0.25, 0.3) is 5.56 Å². The molecule has 1 unspecified atom stereocenters. The molecule has 1 heterocycles. The largest absolute Gasteiger partial charge is 0.467 e. The maximum atomic E-state index is 11.8. The minimum atomic E-state index is -0.749. The Kier molecular flexibility index (Phi) is 3.75. The third-order valence-corrected chi connectivity index (χ3v) is 2.80. The molecule has 0 saturated heterocycles. The Hall–Kier alpha value is -2.43. The van der Waals surface area contributed by atoms with Crippen LogP contribution in [0.5, 0.6) is 0 Å². The molecule has 2 aromatic rings. The predicted molar refractivity (Wildman–Crippen MR) is 70.7 cm³/mol. The van der Waals surface area contributed by atoms with Gasteiger partial charge >= 0.3 is 5.97 Å². The number of ether oxygens (including phenoxy) is 1. The van der Waals surface area contributed by atoms with Crippen molar-refractivity contribution in [2.45, 2.75) is 13.0 Å². The third kappa shape index (κ3) is 2.70. The first-order valence-corrected chi connectivity index (χ1v) is 5.86. The number of nitrogens with zero attached hydrogens (tertiary/aromatic N) is 2. The number of aromatic nitrogens is 2. The second kappa shape index (κ2) is 5.48. The summed E-state index contributed by atoms with van der Waals surface area (Å²) in [7, 11) is 1.28. The van der Waals surface area contributed by atoms with E-state index < -0.39 is 12.0 Å². The molecule has 0 fully saturated rings. The highest BCUT2D eigenvalue weighted by atomic mass is 16.5. The number of carbonyl (C=O) groups excluding carboxylic acids is 1. The van der Waals surface area contributed by atoms with Crippen molar-refractivity contribution in [3.05, 3.63) is 52.8 Å². The standard InChI is InChI=1S/C14H14N2O3/c1-10(14(18)19-2)16-13(17)9-8-12(15-16)11-6-4-3-5-7-11/h3-10H,1-2H3. The highest BCUT2D eigenvalue weighted by Gasteiger charge is 2.18. The topological polar surface area (TPSA) is 61.2 Å². The molecule has 0 saturated carbocycles. The lowest BCUT2D eigenvalue weighted by Crippen LogP contribution is -2.30. The lowest BCUT2D eigenvalue weighted by molar-refractivity contribution is -0.144. The van der Waals surface area contributed by atoms with Crippen molar-refractivity contribution in [3.8, 4) is 11.3 Å². The van der Waals surface area contributed by atoms with Crippen LogP contribution in [0.2, 0.25) is 0 Å². The van der Waals surface area contributed by atoms with Gasteiger partial charge in [-0.15, -0.1) is 0 Å². The molecular weight excluding hydrogens is 244 g/mol. The molecule has 0 spiro atoms. The first-order chi connectivity index (χ1) is 9.13. The maximum Gasteiger partial charge on any atom is 0.330 e. The average molecular weight is 258 g/mol. The van der Waals surface area contributed by atoms with Crippen molar-refractivity contribution in [1.82, 2.24) is 9.78 Å². The van der Waals surface area contributed by atoms with E-state index in [4.69, 9.17) is 0 Å². The van der Waals surface area contributed by atoms with Crippen LogP contribution >= 0.6 is 0 Å². The molecule has 1 atom stereocenters. The maximum absolute atomic E-state index is 11.8. The van der Waals surface area contributed by atoms with Crippen LogP contribution in [-0.4, -0.2) is 22.9 Å². The van der Waals surface area contributed by atoms with E-state index in [-0.39, 0.29) is 5.56 Å². The molecule has 0 bridgehead atoms. The zero-order chi connectivity index (χ0) is 13.8. The fourth-order valence-electron chi connectivity index (χ4n) is 1.74. The van der Waals surface area contributed by atoms with E-state index in [1.54, 1.807) is 13.0 Å². The summed E-state index contributed by atoms with van der Waals surface area (Å²) in [5, 5.41) is 4.21. The Morgan fingerprint density at radius 3 is 2.53 bits per heavy atom. The number of benzene rings is 1. The Bertz CT molecular complexity index is 635. The van der Waals surface area contributed by atoms with Crippen LogP contribution in [-0.2, 0) is 9.53 Å². The summed E-state index contributed by atoms with van der Waals surface area (Å²) in [5.74, 6) is -0.500. The molecule has 0 amide bonds. The van der Waals surface area contributed by atoms with Gasteiger partial charge < -0.3 is 4.74 Å². The van der Waals surface area contributed by atoms with Crippen molar-refractivity contribution < 1.29 is 9.53 Å². The van der Waals surface area contributed by atoms with Crippen LogP contribution in [0.15, 0.2) is 47.3 Å². The van der Waals surface area contributed by atoms with Crippen LogP contribution in [0, 0.1) is 0 Å². The normalized spacial score (nSPS) is 11.9. The van der Waals surface area contributed by atoms with Crippen LogP contribution in [0.25, 0.3) is 11.3 Å². The predicted octanol–water partition coefficient (Wildman–Crippen LogP) is 1.64. The van der Waals surface area contributed by atoms with E-state index in [2.05, 4.69) is 9.84 Å². The summed E-state index contributed by atoms with van der Waals surface area (Å²) >= 11 is 0. The Morgan fingerprint density at radius 1 is 1.21 bits per heavy atom. The van der Waals surface area contributed by atoms with E-state index in [0.717, 1.165) is 10.2 Å². The fraction of sp³-hybridized carbons (Fsp3) is 0.214. The molecule has 19 heavy (non-hydrogen) atoms. The quantitative estimate of drug-likeness (QED) is 0.785. The van der Waals surface area contributed by atoms with Crippen molar-refractivity contribution in [2.75, 3.05) is 7.11 Å². The van der Waals surface area contributed by atoms with Gasteiger partial charge in [-0.2, -0.15) is 5.10 Å². The molecule has 98 valence electrons. The first-order valence-electron chi connectivity index (χ1n) is 5.86. The van der Waals surface area contributed by atoms with Crippen LogP contribution in [0.1, 0.15) is 13.0 Å². The minimum Gasteiger partial charge on any atom is -0.467 e. The number of carbonyl (C=O) groups is 1. The molecule has 0 radical (unpaired) electrons. The van der Waals surface area contributed by atoms with Crippen LogP contribution in [0.4, 0.5) is 0 Å². The van der Waals surface area contributed by atoms with Gasteiger partial charge in [0, 0.05) is 11.6 Å². The Balaban J connectivity index is 2.46. The number of esters is 1. The van der Waals surface area contributed by atoms with Crippen molar-refractivity contribution in [1.29, 1.82) is 0 Å². The molecule has 0 N–H and O–H groups in total. The van der Waals surface area contributed by atoms with Gasteiger partial charge in [-0.05, 0) is 13.0 Å². The molecule has 0 aliphatic carbocycles. The lowest BCUT2D eigenvalue weighted by Gasteiger charge is -2.12. The zero-order valence-corrected chi connectivity index (χ0v) is 10.7.